The van der Waals surface area contributed by atoms with E-state index in [0.29, 0.717) is 11.4 Å². The molecule has 0 unspecified atom stereocenters. The summed E-state index contributed by atoms with van der Waals surface area (Å²) in [6, 6.07) is 7.60. The molecule has 1 fully saturated rings. The van der Waals surface area contributed by atoms with Crippen LogP contribution in [-0.4, -0.2) is 21.5 Å². The second-order valence-corrected chi connectivity index (χ2v) is 6.11. The first-order valence-corrected chi connectivity index (χ1v) is 7.89. The van der Waals surface area contributed by atoms with Crippen molar-refractivity contribution in [2.24, 2.45) is 5.92 Å². The molecule has 1 saturated carbocycles. The third-order valence-corrected chi connectivity index (χ3v) is 4.51. The standard InChI is InChI=1S/C17H21N3O2/c1-12-6-2-3-7-13(12)19-16(21)11-20-15-9-5-4-8-14(15)18-10-17(20)22/h4-5,8-10,12-13H,2-3,6-7,11H2,1H3,(H,19,21)/t12-,13-/m0/s1. The molecule has 1 heterocycles. The first-order chi connectivity index (χ1) is 10.6. The molecule has 0 aliphatic heterocycles. The number of fused-ring (bicyclic) bond motifs is 1. The van der Waals surface area contributed by atoms with E-state index in [0.717, 1.165) is 24.8 Å². The number of nitrogens with one attached hydrogen (secondary N) is 1. The molecule has 1 aliphatic carbocycles. The van der Waals surface area contributed by atoms with Crippen LogP contribution in [0.4, 0.5) is 0 Å². The topological polar surface area (TPSA) is 64.0 Å². The summed E-state index contributed by atoms with van der Waals surface area (Å²) in [5, 5.41) is 3.09. The number of hydrogen-bond acceptors (Lipinski definition) is 3. The SMILES string of the molecule is C[C@H]1CCCC[C@@H]1NC(=O)Cn1c(=O)cnc2ccccc21. The van der Waals surface area contributed by atoms with Gasteiger partial charge in [0.25, 0.3) is 5.56 Å². The van der Waals surface area contributed by atoms with Crippen molar-refractivity contribution in [2.45, 2.75) is 45.2 Å². The Morgan fingerprint density at radius 2 is 2.09 bits per heavy atom. The smallest absolute Gasteiger partial charge is 0.269 e. The van der Waals surface area contributed by atoms with Gasteiger partial charge in [0.1, 0.15) is 6.54 Å². The zero-order valence-corrected chi connectivity index (χ0v) is 12.8. The van der Waals surface area contributed by atoms with Gasteiger partial charge in [-0.25, -0.2) is 4.98 Å². The Balaban J connectivity index is 1.79. The molecule has 1 aliphatic rings. The number of carbonyl (C=O) groups is 1. The molecule has 3 rings (SSSR count). The fraction of sp³-hybridized carbons (Fsp3) is 0.471. The van der Waals surface area contributed by atoms with E-state index < -0.39 is 0 Å². The van der Waals surface area contributed by atoms with Crippen molar-refractivity contribution < 1.29 is 4.79 Å². The van der Waals surface area contributed by atoms with Gasteiger partial charge in [-0.1, -0.05) is 31.9 Å². The van der Waals surface area contributed by atoms with Crippen molar-refractivity contribution in [3.63, 3.8) is 0 Å². The fourth-order valence-electron chi connectivity index (χ4n) is 3.20. The van der Waals surface area contributed by atoms with Crippen molar-refractivity contribution in [3.05, 3.63) is 40.8 Å². The van der Waals surface area contributed by atoms with Gasteiger partial charge in [0.15, 0.2) is 0 Å². The molecule has 2 atom stereocenters. The maximum absolute atomic E-state index is 12.3. The van der Waals surface area contributed by atoms with Crippen LogP contribution >= 0.6 is 0 Å². The average molecular weight is 299 g/mol. The van der Waals surface area contributed by atoms with Gasteiger partial charge in [-0.3, -0.25) is 14.2 Å². The van der Waals surface area contributed by atoms with Crippen LogP contribution < -0.4 is 10.9 Å². The summed E-state index contributed by atoms with van der Waals surface area (Å²) >= 11 is 0. The minimum Gasteiger partial charge on any atom is -0.352 e. The number of benzene rings is 1. The molecular weight excluding hydrogens is 278 g/mol. The molecule has 5 heteroatoms. The van der Waals surface area contributed by atoms with Gasteiger partial charge >= 0.3 is 0 Å². The molecule has 116 valence electrons. The van der Waals surface area contributed by atoms with Gasteiger partial charge < -0.3 is 5.32 Å². The molecule has 0 saturated heterocycles. The van der Waals surface area contributed by atoms with E-state index in [9.17, 15) is 9.59 Å². The Hall–Kier alpha value is -2.17. The molecule has 1 aromatic carbocycles. The van der Waals surface area contributed by atoms with Gasteiger partial charge in [-0.15, -0.1) is 0 Å². The van der Waals surface area contributed by atoms with Crippen LogP contribution in [0.15, 0.2) is 35.3 Å². The number of amides is 1. The van der Waals surface area contributed by atoms with E-state index >= 15 is 0 Å². The number of hydrogen-bond donors (Lipinski definition) is 1. The lowest BCUT2D eigenvalue weighted by Crippen LogP contribution is -2.43. The molecule has 22 heavy (non-hydrogen) atoms. The lowest BCUT2D eigenvalue weighted by molar-refractivity contribution is -0.122. The maximum Gasteiger partial charge on any atom is 0.269 e. The van der Waals surface area contributed by atoms with Crippen LogP contribution in [0.3, 0.4) is 0 Å². The summed E-state index contributed by atoms with van der Waals surface area (Å²) in [5.74, 6) is 0.404. The third kappa shape index (κ3) is 3.03. The number of nitrogens with zero attached hydrogens (tertiary/aromatic N) is 2. The average Bonchev–Trinajstić information content (AvgIpc) is 2.52. The fourth-order valence-corrected chi connectivity index (χ4v) is 3.20. The normalized spacial score (nSPS) is 21.7. The van der Waals surface area contributed by atoms with Gasteiger partial charge in [0.05, 0.1) is 17.2 Å². The largest absolute Gasteiger partial charge is 0.352 e. The lowest BCUT2D eigenvalue weighted by Gasteiger charge is -2.29. The van der Waals surface area contributed by atoms with E-state index in [2.05, 4.69) is 17.2 Å². The van der Waals surface area contributed by atoms with Crippen molar-refractivity contribution in [1.82, 2.24) is 14.9 Å². The van der Waals surface area contributed by atoms with E-state index in [1.54, 1.807) is 0 Å². The van der Waals surface area contributed by atoms with E-state index in [4.69, 9.17) is 0 Å². The van der Waals surface area contributed by atoms with Crippen LogP contribution in [0.1, 0.15) is 32.6 Å². The monoisotopic (exact) mass is 299 g/mol. The molecule has 0 spiro atoms. The molecule has 1 aromatic heterocycles. The van der Waals surface area contributed by atoms with Crippen molar-refractivity contribution in [3.8, 4) is 0 Å². The van der Waals surface area contributed by atoms with Crippen LogP contribution in [0, 0.1) is 5.92 Å². The third-order valence-electron chi connectivity index (χ3n) is 4.51. The Bertz CT molecular complexity index is 738. The highest BCUT2D eigenvalue weighted by molar-refractivity contribution is 5.80. The molecule has 1 N–H and O–H groups in total. The number of aromatic nitrogens is 2. The van der Waals surface area contributed by atoms with Gasteiger partial charge in [-0.05, 0) is 30.9 Å². The van der Waals surface area contributed by atoms with Crippen molar-refractivity contribution in [1.29, 1.82) is 0 Å². The number of para-hydroxylation sites is 2. The van der Waals surface area contributed by atoms with Crippen LogP contribution in [-0.2, 0) is 11.3 Å². The molecule has 0 bridgehead atoms. The second kappa shape index (κ2) is 6.30. The highest BCUT2D eigenvalue weighted by Gasteiger charge is 2.23. The number of rotatable bonds is 3. The summed E-state index contributed by atoms with van der Waals surface area (Å²) in [5.41, 5.74) is 1.17. The summed E-state index contributed by atoms with van der Waals surface area (Å²) in [6.07, 6.45) is 5.86. The summed E-state index contributed by atoms with van der Waals surface area (Å²) in [7, 11) is 0. The predicted molar refractivity (Wildman–Crippen MR) is 85.6 cm³/mol. The van der Waals surface area contributed by atoms with E-state index in [1.165, 1.54) is 17.2 Å². The second-order valence-electron chi connectivity index (χ2n) is 6.11. The molecule has 1 amide bonds. The molecule has 5 nitrogen and oxygen atoms in total. The molecular formula is C17H21N3O2. The first-order valence-electron chi connectivity index (χ1n) is 7.89. The highest BCUT2D eigenvalue weighted by Crippen LogP contribution is 2.23. The molecule has 0 radical (unpaired) electrons. The van der Waals surface area contributed by atoms with Gasteiger partial charge in [0, 0.05) is 6.04 Å². The zero-order valence-electron chi connectivity index (χ0n) is 12.8. The predicted octanol–water partition coefficient (Wildman–Crippen LogP) is 2.09. The van der Waals surface area contributed by atoms with Gasteiger partial charge in [0.2, 0.25) is 5.91 Å². The highest BCUT2D eigenvalue weighted by atomic mass is 16.2. The van der Waals surface area contributed by atoms with Crippen molar-refractivity contribution >= 4 is 16.9 Å². The minimum absolute atomic E-state index is 0.0467. The summed E-state index contributed by atoms with van der Waals surface area (Å²) < 4.78 is 1.49. The van der Waals surface area contributed by atoms with Crippen LogP contribution in [0.2, 0.25) is 0 Å². The zero-order chi connectivity index (χ0) is 15.5. The Morgan fingerprint density at radius 1 is 1.32 bits per heavy atom. The maximum atomic E-state index is 12.3. The van der Waals surface area contributed by atoms with Gasteiger partial charge in [-0.2, -0.15) is 0 Å². The Labute approximate surface area is 129 Å². The summed E-state index contributed by atoms with van der Waals surface area (Å²) in [4.78, 5) is 28.5. The Kier molecular flexibility index (Phi) is 4.22. The minimum atomic E-state index is -0.245. The first kappa shape index (κ1) is 14.8. The number of carbonyl (C=O) groups excluding carboxylic acids is 1. The Morgan fingerprint density at radius 3 is 2.91 bits per heavy atom. The lowest BCUT2D eigenvalue weighted by atomic mass is 9.86. The van der Waals surface area contributed by atoms with Crippen molar-refractivity contribution in [2.75, 3.05) is 0 Å². The van der Waals surface area contributed by atoms with Crippen LogP contribution in [0.5, 0.6) is 0 Å². The molecule has 2 aromatic rings. The summed E-state index contributed by atoms with van der Waals surface area (Å²) in [6.45, 7) is 2.23. The quantitative estimate of drug-likeness (QED) is 0.944. The van der Waals surface area contributed by atoms with E-state index in [-0.39, 0.29) is 24.1 Å². The van der Waals surface area contributed by atoms with Crippen LogP contribution in [0.25, 0.3) is 11.0 Å². The van der Waals surface area contributed by atoms with E-state index in [1.807, 2.05) is 24.3 Å².